The van der Waals surface area contributed by atoms with Crippen molar-refractivity contribution in [1.82, 2.24) is 0 Å². The number of unbranched alkanes of at least 4 members (excludes halogenated alkanes) is 1. The maximum Gasteiger partial charge on any atom is 0.189 e. The number of ether oxygens (including phenoxy) is 1. The quantitative estimate of drug-likeness (QED) is 0.454. The highest BCUT2D eigenvalue weighted by Gasteiger charge is 2.35. The molecule has 0 rings (SSSR count). The summed E-state index contributed by atoms with van der Waals surface area (Å²) in [6, 6.07) is 0. The summed E-state index contributed by atoms with van der Waals surface area (Å²) < 4.78 is 5.78. The van der Waals surface area contributed by atoms with Crippen molar-refractivity contribution in [3.8, 4) is 0 Å². The summed E-state index contributed by atoms with van der Waals surface area (Å²) >= 11 is 0. The Kier molecular flexibility index (Phi) is 6.50. The van der Waals surface area contributed by atoms with Gasteiger partial charge in [0.05, 0.1) is 0 Å². The normalized spacial score (nSPS) is 11.5. The lowest BCUT2D eigenvalue weighted by Gasteiger charge is -2.30. The highest BCUT2D eigenvalue weighted by atomic mass is 16.5. The molecule has 0 aromatic heterocycles. The Labute approximate surface area is 93.7 Å². The van der Waals surface area contributed by atoms with Crippen molar-refractivity contribution in [2.45, 2.75) is 59.0 Å². The SMILES string of the molecule is C=C(C)C(=O)C(CC)(CC)OCCCC. The van der Waals surface area contributed by atoms with E-state index in [1.165, 1.54) is 0 Å². The summed E-state index contributed by atoms with van der Waals surface area (Å²) in [6.07, 6.45) is 3.54. The Morgan fingerprint density at radius 3 is 2.13 bits per heavy atom. The molecule has 0 spiro atoms. The first kappa shape index (κ1) is 14.4. The van der Waals surface area contributed by atoms with E-state index in [2.05, 4.69) is 13.5 Å². The molecule has 0 aliphatic carbocycles. The lowest BCUT2D eigenvalue weighted by atomic mass is 9.88. The molecule has 0 aromatic rings. The number of hydrogen-bond donors (Lipinski definition) is 0. The number of carbonyl (C=O) groups excluding carboxylic acids is 1. The predicted octanol–water partition coefficient (Wildman–Crippen LogP) is 3.51. The summed E-state index contributed by atoms with van der Waals surface area (Å²) in [4.78, 5) is 12.0. The van der Waals surface area contributed by atoms with E-state index in [1.54, 1.807) is 6.92 Å². The van der Waals surface area contributed by atoms with Gasteiger partial charge in [0.2, 0.25) is 0 Å². The molecule has 2 nitrogen and oxygen atoms in total. The van der Waals surface area contributed by atoms with Gasteiger partial charge in [0.25, 0.3) is 0 Å². The molecule has 0 heterocycles. The first-order valence-electron chi connectivity index (χ1n) is 5.88. The molecule has 0 saturated carbocycles. The Bertz CT molecular complexity index is 215. The van der Waals surface area contributed by atoms with Gasteiger partial charge >= 0.3 is 0 Å². The summed E-state index contributed by atoms with van der Waals surface area (Å²) in [5.41, 5.74) is -0.0312. The van der Waals surface area contributed by atoms with Gasteiger partial charge in [-0.2, -0.15) is 0 Å². The minimum absolute atomic E-state index is 0.0589. The second-order valence-electron chi connectivity index (χ2n) is 4.01. The molecule has 0 radical (unpaired) electrons. The highest BCUT2D eigenvalue weighted by Crippen LogP contribution is 2.25. The van der Waals surface area contributed by atoms with Crippen molar-refractivity contribution in [3.63, 3.8) is 0 Å². The zero-order valence-electron chi connectivity index (χ0n) is 10.6. The first-order valence-corrected chi connectivity index (χ1v) is 5.88. The smallest absolute Gasteiger partial charge is 0.189 e. The van der Waals surface area contributed by atoms with Gasteiger partial charge in [0.1, 0.15) is 5.60 Å². The van der Waals surface area contributed by atoms with E-state index in [9.17, 15) is 4.79 Å². The van der Waals surface area contributed by atoms with Crippen LogP contribution in [0.1, 0.15) is 53.4 Å². The monoisotopic (exact) mass is 212 g/mol. The third-order valence-electron chi connectivity index (χ3n) is 2.82. The fraction of sp³-hybridized carbons (Fsp3) is 0.769. The second-order valence-corrected chi connectivity index (χ2v) is 4.01. The third-order valence-corrected chi connectivity index (χ3v) is 2.82. The Hall–Kier alpha value is -0.630. The molecule has 0 fully saturated rings. The van der Waals surface area contributed by atoms with Gasteiger partial charge in [-0.05, 0) is 31.8 Å². The number of ketones is 1. The van der Waals surface area contributed by atoms with Gasteiger partial charge in [0, 0.05) is 6.61 Å². The molecule has 2 heteroatoms. The van der Waals surface area contributed by atoms with Crippen molar-refractivity contribution in [2.75, 3.05) is 6.61 Å². The van der Waals surface area contributed by atoms with Gasteiger partial charge < -0.3 is 4.74 Å². The van der Waals surface area contributed by atoms with Crippen LogP contribution >= 0.6 is 0 Å². The molecule has 88 valence electrons. The zero-order valence-corrected chi connectivity index (χ0v) is 10.6. The summed E-state index contributed by atoms with van der Waals surface area (Å²) in [5.74, 6) is 0.0589. The lowest BCUT2D eigenvalue weighted by Crippen LogP contribution is -2.41. The van der Waals surface area contributed by atoms with E-state index in [0.717, 1.165) is 25.7 Å². The van der Waals surface area contributed by atoms with E-state index >= 15 is 0 Å². The van der Waals surface area contributed by atoms with Crippen molar-refractivity contribution >= 4 is 5.78 Å². The Morgan fingerprint density at radius 2 is 1.80 bits per heavy atom. The maximum atomic E-state index is 12.0. The van der Waals surface area contributed by atoms with Gasteiger partial charge in [-0.25, -0.2) is 0 Å². The van der Waals surface area contributed by atoms with Gasteiger partial charge in [-0.3, -0.25) is 4.79 Å². The molecular formula is C13H24O2. The maximum absolute atomic E-state index is 12.0. The fourth-order valence-corrected chi connectivity index (χ4v) is 1.64. The molecule has 0 atom stereocenters. The van der Waals surface area contributed by atoms with E-state index < -0.39 is 5.60 Å². The Balaban J connectivity index is 4.57. The van der Waals surface area contributed by atoms with Crippen LogP contribution in [0.2, 0.25) is 0 Å². The first-order chi connectivity index (χ1) is 7.04. The second kappa shape index (κ2) is 6.78. The minimum Gasteiger partial charge on any atom is -0.367 e. The number of hydrogen-bond acceptors (Lipinski definition) is 2. The van der Waals surface area contributed by atoms with Gasteiger partial charge in [0.15, 0.2) is 5.78 Å². The molecule has 0 saturated heterocycles. The zero-order chi connectivity index (χ0) is 11.9. The van der Waals surface area contributed by atoms with E-state index in [0.29, 0.717) is 12.2 Å². The molecule has 0 bridgehead atoms. The highest BCUT2D eigenvalue weighted by molar-refractivity contribution is 6.00. The molecule has 15 heavy (non-hydrogen) atoms. The van der Waals surface area contributed by atoms with Crippen molar-refractivity contribution in [2.24, 2.45) is 0 Å². The Morgan fingerprint density at radius 1 is 1.27 bits per heavy atom. The lowest BCUT2D eigenvalue weighted by molar-refractivity contribution is -0.142. The largest absolute Gasteiger partial charge is 0.367 e. The van der Waals surface area contributed by atoms with E-state index in [1.807, 2.05) is 13.8 Å². The number of carbonyl (C=O) groups is 1. The van der Waals surface area contributed by atoms with Crippen LogP contribution in [-0.2, 0) is 9.53 Å². The summed E-state index contributed by atoms with van der Waals surface area (Å²) in [5, 5.41) is 0. The number of Topliss-reactive ketones (excluding diaryl/α,β-unsaturated/α-hetero) is 1. The molecule has 0 amide bonds. The number of rotatable bonds is 8. The molecule has 0 unspecified atom stereocenters. The van der Waals surface area contributed by atoms with Crippen LogP contribution in [-0.4, -0.2) is 18.0 Å². The van der Waals surface area contributed by atoms with Crippen LogP contribution in [0.4, 0.5) is 0 Å². The summed E-state index contributed by atoms with van der Waals surface area (Å²) in [7, 11) is 0. The third kappa shape index (κ3) is 3.78. The van der Waals surface area contributed by atoms with Crippen LogP contribution in [0.5, 0.6) is 0 Å². The minimum atomic E-state index is -0.624. The van der Waals surface area contributed by atoms with Crippen LogP contribution in [0.25, 0.3) is 0 Å². The fourth-order valence-electron chi connectivity index (χ4n) is 1.64. The van der Waals surface area contributed by atoms with Gasteiger partial charge in [-0.1, -0.05) is 33.8 Å². The molecule has 0 N–H and O–H groups in total. The standard InChI is InChI=1S/C13H24O2/c1-6-9-10-15-13(7-2,8-3)12(14)11(4)5/h4,6-10H2,1-3,5H3. The van der Waals surface area contributed by atoms with Crippen molar-refractivity contribution in [3.05, 3.63) is 12.2 Å². The predicted molar refractivity (Wildman–Crippen MR) is 64.0 cm³/mol. The van der Waals surface area contributed by atoms with Crippen LogP contribution in [0, 0.1) is 0 Å². The van der Waals surface area contributed by atoms with Gasteiger partial charge in [-0.15, -0.1) is 0 Å². The van der Waals surface area contributed by atoms with Crippen LogP contribution in [0.15, 0.2) is 12.2 Å². The van der Waals surface area contributed by atoms with Crippen LogP contribution < -0.4 is 0 Å². The van der Waals surface area contributed by atoms with E-state index in [-0.39, 0.29) is 5.78 Å². The van der Waals surface area contributed by atoms with E-state index in [4.69, 9.17) is 4.74 Å². The molecular weight excluding hydrogens is 188 g/mol. The van der Waals surface area contributed by atoms with Crippen molar-refractivity contribution in [1.29, 1.82) is 0 Å². The van der Waals surface area contributed by atoms with Crippen molar-refractivity contribution < 1.29 is 9.53 Å². The average Bonchev–Trinajstić information content (AvgIpc) is 2.24. The van der Waals surface area contributed by atoms with Crippen LogP contribution in [0.3, 0.4) is 0 Å². The topological polar surface area (TPSA) is 26.3 Å². The average molecular weight is 212 g/mol. The molecule has 0 aliphatic rings. The molecule has 0 aliphatic heterocycles. The molecule has 0 aromatic carbocycles. The summed E-state index contributed by atoms with van der Waals surface area (Å²) in [6.45, 7) is 12.2.